The number of anilines is 1. The van der Waals surface area contributed by atoms with Gasteiger partial charge in [-0.05, 0) is 19.9 Å². The Kier molecular flexibility index (Phi) is 3.00. The molecule has 6 nitrogen and oxygen atoms in total. The molecule has 0 saturated heterocycles. The normalized spacial score (nSPS) is 10.9. The molecule has 0 aliphatic carbocycles. The molecule has 2 aromatic heterocycles. The first kappa shape index (κ1) is 10.8. The van der Waals surface area contributed by atoms with Crippen LogP contribution < -0.4 is 10.6 Å². The highest BCUT2D eigenvalue weighted by Gasteiger charge is 2.09. The van der Waals surface area contributed by atoms with Crippen molar-refractivity contribution in [2.75, 3.05) is 25.0 Å². The number of aryl methyl sites for hydroxylation is 1. The van der Waals surface area contributed by atoms with Gasteiger partial charge in [-0.3, -0.25) is 0 Å². The number of hydrogen-bond donors (Lipinski definition) is 1. The molecular formula is C10H16N6. The Balaban J connectivity index is 2.38. The monoisotopic (exact) mass is 220 g/mol. The summed E-state index contributed by atoms with van der Waals surface area (Å²) in [6, 6.07) is 2.00. The fraction of sp³-hybridized carbons (Fsp3) is 0.500. The molecule has 0 aliphatic heterocycles. The maximum atomic E-state index is 5.50. The highest BCUT2D eigenvalue weighted by atomic mass is 15.4. The van der Waals surface area contributed by atoms with Gasteiger partial charge >= 0.3 is 0 Å². The van der Waals surface area contributed by atoms with Crippen LogP contribution in [0.4, 0.5) is 5.82 Å². The van der Waals surface area contributed by atoms with E-state index in [4.69, 9.17) is 5.73 Å². The molecule has 6 heteroatoms. The smallest absolute Gasteiger partial charge is 0.254 e. The molecule has 2 aromatic rings. The largest absolute Gasteiger partial charge is 0.359 e. The van der Waals surface area contributed by atoms with Crippen LogP contribution in [0, 0.1) is 6.92 Å². The van der Waals surface area contributed by atoms with E-state index in [1.54, 1.807) is 4.52 Å². The van der Waals surface area contributed by atoms with Crippen LogP contribution in [-0.4, -0.2) is 39.7 Å². The van der Waals surface area contributed by atoms with Crippen molar-refractivity contribution in [3.63, 3.8) is 0 Å². The van der Waals surface area contributed by atoms with Crippen molar-refractivity contribution in [3.8, 4) is 0 Å². The molecule has 2 rings (SSSR count). The van der Waals surface area contributed by atoms with Crippen molar-refractivity contribution in [1.29, 1.82) is 0 Å². The van der Waals surface area contributed by atoms with Gasteiger partial charge in [0.05, 0.1) is 0 Å². The number of hydrogen-bond acceptors (Lipinski definition) is 5. The first-order valence-electron chi connectivity index (χ1n) is 5.31. The van der Waals surface area contributed by atoms with Gasteiger partial charge in [0.15, 0.2) is 0 Å². The minimum absolute atomic E-state index is 0.634. The Bertz CT molecular complexity index is 477. The molecule has 0 bridgehead atoms. The average Bonchev–Trinajstić information content (AvgIpc) is 2.72. The number of nitrogens with zero attached hydrogens (tertiary/aromatic N) is 5. The van der Waals surface area contributed by atoms with Gasteiger partial charge in [0.1, 0.15) is 12.1 Å². The van der Waals surface area contributed by atoms with Crippen LogP contribution in [0.1, 0.15) is 12.1 Å². The predicted octanol–water partition coefficient (Wildman–Crippen LogP) is 0.218. The lowest BCUT2D eigenvalue weighted by Crippen LogP contribution is -2.23. The minimum Gasteiger partial charge on any atom is -0.359 e. The Morgan fingerprint density at radius 3 is 3.06 bits per heavy atom. The van der Waals surface area contributed by atoms with Crippen LogP contribution in [-0.2, 0) is 0 Å². The molecule has 0 atom stereocenters. The van der Waals surface area contributed by atoms with Crippen molar-refractivity contribution in [2.24, 2.45) is 5.73 Å². The van der Waals surface area contributed by atoms with Crippen LogP contribution in [0.2, 0.25) is 0 Å². The third-order valence-electron chi connectivity index (χ3n) is 2.45. The second-order valence-electron chi connectivity index (χ2n) is 3.79. The SMILES string of the molecule is Cc1cc(N(C)CCCN)n2ncnc2n1. The summed E-state index contributed by atoms with van der Waals surface area (Å²) in [6.07, 6.45) is 2.47. The molecule has 0 aliphatic rings. The third kappa shape index (κ3) is 1.96. The summed E-state index contributed by atoms with van der Waals surface area (Å²) in [5.41, 5.74) is 6.44. The minimum atomic E-state index is 0.634. The Morgan fingerprint density at radius 2 is 2.31 bits per heavy atom. The average molecular weight is 220 g/mol. The van der Waals surface area contributed by atoms with Gasteiger partial charge in [-0.1, -0.05) is 0 Å². The van der Waals surface area contributed by atoms with Crippen LogP contribution in [0.25, 0.3) is 5.78 Å². The van der Waals surface area contributed by atoms with Gasteiger partial charge < -0.3 is 10.6 Å². The van der Waals surface area contributed by atoms with E-state index >= 15 is 0 Å². The van der Waals surface area contributed by atoms with Crippen molar-refractivity contribution in [1.82, 2.24) is 19.6 Å². The van der Waals surface area contributed by atoms with E-state index in [0.717, 1.165) is 24.5 Å². The highest BCUT2D eigenvalue weighted by Crippen LogP contribution is 2.14. The standard InChI is InChI=1S/C10H16N6/c1-8-6-9(15(2)5-3-4-11)16-10(14-8)12-7-13-16/h6-7H,3-5,11H2,1-2H3. The summed E-state index contributed by atoms with van der Waals surface area (Å²) >= 11 is 0. The summed E-state index contributed by atoms with van der Waals surface area (Å²) < 4.78 is 1.74. The van der Waals surface area contributed by atoms with Gasteiger partial charge in [-0.2, -0.15) is 14.6 Å². The molecule has 0 aromatic carbocycles. The summed E-state index contributed by atoms with van der Waals surface area (Å²) in [5, 5.41) is 4.16. The maximum Gasteiger partial charge on any atom is 0.254 e. The van der Waals surface area contributed by atoms with E-state index in [1.807, 2.05) is 20.0 Å². The molecule has 0 saturated carbocycles. The van der Waals surface area contributed by atoms with Gasteiger partial charge in [0, 0.05) is 25.4 Å². The van der Waals surface area contributed by atoms with E-state index in [1.165, 1.54) is 6.33 Å². The zero-order valence-electron chi connectivity index (χ0n) is 9.59. The second kappa shape index (κ2) is 4.44. The summed E-state index contributed by atoms with van der Waals surface area (Å²) in [6.45, 7) is 3.54. The highest BCUT2D eigenvalue weighted by molar-refractivity contribution is 5.46. The first-order valence-corrected chi connectivity index (χ1v) is 5.31. The van der Waals surface area contributed by atoms with E-state index < -0.39 is 0 Å². The molecule has 0 fully saturated rings. The lowest BCUT2D eigenvalue weighted by molar-refractivity contribution is 0.764. The lowest BCUT2D eigenvalue weighted by atomic mass is 10.3. The van der Waals surface area contributed by atoms with Crippen molar-refractivity contribution < 1.29 is 0 Å². The molecule has 0 unspecified atom stereocenters. The van der Waals surface area contributed by atoms with Gasteiger partial charge in [0.25, 0.3) is 5.78 Å². The number of rotatable bonds is 4. The van der Waals surface area contributed by atoms with Gasteiger partial charge in [-0.15, -0.1) is 0 Å². The Labute approximate surface area is 94.1 Å². The van der Waals surface area contributed by atoms with Crippen molar-refractivity contribution in [2.45, 2.75) is 13.3 Å². The maximum absolute atomic E-state index is 5.50. The quantitative estimate of drug-likeness (QED) is 0.798. The van der Waals surface area contributed by atoms with Crippen molar-refractivity contribution >= 4 is 11.6 Å². The number of nitrogens with two attached hydrogens (primary N) is 1. The van der Waals surface area contributed by atoms with Crippen LogP contribution >= 0.6 is 0 Å². The fourth-order valence-electron chi connectivity index (χ4n) is 1.63. The van der Waals surface area contributed by atoms with E-state index in [-0.39, 0.29) is 0 Å². The zero-order valence-corrected chi connectivity index (χ0v) is 9.59. The molecule has 0 amide bonds. The summed E-state index contributed by atoms with van der Waals surface area (Å²) in [4.78, 5) is 10.5. The molecule has 0 radical (unpaired) electrons. The van der Waals surface area contributed by atoms with Crippen molar-refractivity contribution in [3.05, 3.63) is 18.1 Å². The topological polar surface area (TPSA) is 72.3 Å². The summed E-state index contributed by atoms with van der Waals surface area (Å²) in [7, 11) is 2.02. The van der Waals surface area contributed by atoms with Crippen LogP contribution in [0.15, 0.2) is 12.4 Å². The Morgan fingerprint density at radius 1 is 1.50 bits per heavy atom. The number of fused-ring (bicyclic) bond motifs is 1. The first-order chi connectivity index (χ1) is 7.72. The van der Waals surface area contributed by atoms with Crippen LogP contribution in [0.3, 0.4) is 0 Å². The van der Waals surface area contributed by atoms with Gasteiger partial charge in [0.2, 0.25) is 0 Å². The van der Waals surface area contributed by atoms with E-state index in [0.29, 0.717) is 12.3 Å². The third-order valence-corrected chi connectivity index (χ3v) is 2.45. The number of aromatic nitrogens is 4. The fourth-order valence-corrected chi connectivity index (χ4v) is 1.63. The molecule has 86 valence electrons. The molecule has 2 N–H and O–H groups in total. The zero-order chi connectivity index (χ0) is 11.5. The molecule has 2 heterocycles. The second-order valence-corrected chi connectivity index (χ2v) is 3.79. The lowest BCUT2D eigenvalue weighted by Gasteiger charge is -2.19. The molecule has 16 heavy (non-hydrogen) atoms. The predicted molar refractivity (Wildman–Crippen MR) is 62.5 cm³/mol. The molecule has 0 spiro atoms. The van der Waals surface area contributed by atoms with Gasteiger partial charge in [-0.25, -0.2) is 4.98 Å². The Hall–Kier alpha value is -1.69. The summed E-state index contributed by atoms with van der Waals surface area (Å²) in [5.74, 6) is 1.63. The van der Waals surface area contributed by atoms with E-state index in [2.05, 4.69) is 20.0 Å². The van der Waals surface area contributed by atoms with E-state index in [9.17, 15) is 0 Å². The van der Waals surface area contributed by atoms with Crippen LogP contribution in [0.5, 0.6) is 0 Å². The molecular weight excluding hydrogens is 204 g/mol.